The van der Waals surface area contributed by atoms with Crippen molar-refractivity contribution in [2.24, 2.45) is 5.92 Å². The summed E-state index contributed by atoms with van der Waals surface area (Å²) in [6.45, 7) is 7.78. The van der Waals surface area contributed by atoms with Crippen LogP contribution in [-0.4, -0.2) is 43.0 Å². The van der Waals surface area contributed by atoms with Crippen molar-refractivity contribution >= 4 is 17.5 Å². The van der Waals surface area contributed by atoms with E-state index in [2.05, 4.69) is 19.2 Å². The van der Waals surface area contributed by atoms with Gasteiger partial charge in [0.05, 0.1) is 6.54 Å². The smallest absolute Gasteiger partial charge is 0.248 e. The summed E-state index contributed by atoms with van der Waals surface area (Å²) in [4.78, 5) is 27.4. The Labute approximate surface area is 125 Å². The van der Waals surface area contributed by atoms with E-state index in [-0.39, 0.29) is 24.9 Å². The van der Waals surface area contributed by atoms with Gasteiger partial charge in [0.15, 0.2) is 0 Å². The average Bonchev–Trinajstić information content (AvgIpc) is 2.81. The van der Waals surface area contributed by atoms with E-state index < -0.39 is 0 Å². The number of rotatable bonds is 5. The van der Waals surface area contributed by atoms with Gasteiger partial charge < -0.3 is 10.2 Å². The van der Waals surface area contributed by atoms with Gasteiger partial charge in [0.1, 0.15) is 13.2 Å². The van der Waals surface area contributed by atoms with Crippen LogP contribution in [0.15, 0.2) is 24.3 Å². The monoisotopic (exact) mass is 289 g/mol. The number of aryl methyl sites for hydroxylation is 1. The summed E-state index contributed by atoms with van der Waals surface area (Å²) in [5, 5.41) is 3.12. The Balaban J connectivity index is 1.93. The number of carbonyl (C=O) groups is 2. The first-order valence-corrected chi connectivity index (χ1v) is 7.33. The zero-order valence-electron chi connectivity index (χ0n) is 12.9. The molecule has 0 atom stereocenters. The molecule has 114 valence electrons. The molecule has 0 aliphatic carbocycles. The molecule has 1 heterocycles. The molecule has 21 heavy (non-hydrogen) atoms. The molecule has 1 aliphatic heterocycles. The minimum Gasteiger partial charge on any atom is -0.314 e. The topological polar surface area (TPSA) is 52.6 Å². The van der Waals surface area contributed by atoms with Gasteiger partial charge in [0, 0.05) is 5.69 Å². The van der Waals surface area contributed by atoms with Gasteiger partial charge in [-0.1, -0.05) is 31.5 Å². The van der Waals surface area contributed by atoms with Crippen LogP contribution < -0.4 is 10.2 Å². The van der Waals surface area contributed by atoms with Crippen molar-refractivity contribution in [1.82, 2.24) is 10.2 Å². The SMILES string of the molecule is Cc1ccc(N2CN(C(=O)CNCC(C)C)CC2=O)cc1. The van der Waals surface area contributed by atoms with E-state index in [0.717, 1.165) is 17.8 Å². The van der Waals surface area contributed by atoms with Crippen molar-refractivity contribution in [2.75, 3.05) is 31.2 Å². The lowest BCUT2D eigenvalue weighted by Crippen LogP contribution is -2.38. The number of amides is 2. The van der Waals surface area contributed by atoms with Gasteiger partial charge in [-0.05, 0) is 31.5 Å². The third-order valence-electron chi connectivity index (χ3n) is 3.47. The Morgan fingerprint density at radius 2 is 1.95 bits per heavy atom. The molecule has 1 fully saturated rings. The fourth-order valence-electron chi connectivity index (χ4n) is 2.25. The molecule has 1 aromatic rings. The Morgan fingerprint density at radius 1 is 1.29 bits per heavy atom. The molecule has 1 aromatic carbocycles. The standard InChI is InChI=1S/C16H23N3O2/c1-12(2)8-17-9-15(20)18-10-16(21)19(11-18)14-6-4-13(3)5-7-14/h4-7,12,17H,8-11H2,1-3H3. The van der Waals surface area contributed by atoms with Gasteiger partial charge >= 0.3 is 0 Å². The Hall–Kier alpha value is -1.88. The molecule has 2 amide bonds. The predicted molar refractivity (Wildman–Crippen MR) is 83.0 cm³/mol. The summed E-state index contributed by atoms with van der Waals surface area (Å²) < 4.78 is 0. The highest BCUT2D eigenvalue weighted by molar-refractivity contribution is 6.00. The van der Waals surface area contributed by atoms with Gasteiger partial charge in [-0.25, -0.2) is 0 Å². The Kier molecular flexibility index (Phi) is 4.96. The van der Waals surface area contributed by atoms with Crippen molar-refractivity contribution in [3.8, 4) is 0 Å². The molecule has 2 rings (SSSR count). The fraction of sp³-hybridized carbons (Fsp3) is 0.500. The van der Waals surface area contributed by atoms with Crippen LogP contribution in [0.3, 0.4) is 0 Å². The molecule has 0 unspecified atom stereocenters. The third kappa shape index (κ3) is 4.04. The molecule has 1 saturated heterocycles. The maximum absolute atomic E-state index is 12.1. The highest BCUT2D eigenvalue weighted by Crippen LogP contribution is 2.19. The maximum Gasteiger partial charge on any atom is 0.248 e. The molecule has 1 N–H and O–H groups in total. The summed E-state index contributed by atoms with van der Waals surface area (Å²) in [6, 6.07) is 7.77. The molecular weight excluding hydrogens is 266 g/mol. The van der Waals surface area contributed by atoms with E-state index in [1.807, 2.05) is 31.2 Å². The van der Waals surface area contributed by atoms with Gasteiger partial charge in [0.2, 0.25) is 11.8 Å². The van der Waals surface area contributed by atoms with E-state index in [1.54, 1.807) is 9.80 Å². The number of nitrogens with one attached hydrogen (secondary N) is 1. The first-order chi connectivity index (χ1) is 9.97. The average molecular weight is 289 g/mol. The number of hydrogen-bond acceptors (Lipinski definition) is 3. The van der Waals surface area contributed by atoms with Crippen LogP contribution in [0.4, 0.5) is 5.69 Å². The van der Waals surface area contributed by atoms with Crippen LogP contribution in [0.2, 0.25) is 0 Å². The molecule has 0 radical (unpaired) electrons. The minimum absolute atomic E-state index is 0.0291. The largest absolute Gasteiger partial charge is 0.314 e. The second-order valence-electron chi connectivity index (χ2n) is 5.92. The van der Waals surface area contributed by atoms with E-state index in [1.165, 1.54) is 0 Å². The molecule has 0 saturated carbocycles. The first kappa shape index (κ1) is 15.5. The van der Waals surface area contributed by atoms with E-state index in [9.17, 15) is 9.59 Å². The summed E-state index contributed by atoms with van der Waals surface area (Å²) in [6.07, 6.45) is 0. The van der Waals surface area contributed by atoms with Crippen LogP contribution in [0.5, 0.6) is 0 Å². The van der Waals surface area contributed by atoms with E-state index in [0.29, 0.717) is 12.6 Å². The zero-order valence-corrected chi connectivity index (χ0v) is 12.9. The van der Waals surface area contributed by atoms with Crippen LogP contribution >= 0.6 is 0 Å². The van der Waals surface area contributed by atoms with Crippen molar-refractivity contribution in [3.63, 3.8) is 0 Å². The van der Waals surface area contributed by atoms with Crippen LogP contribution in [0.1, 0.15) is 19.4 Å². The minimum atomic E-state index is -0.0314. The number of nitrogens with zero attached hydrogens (tertiary/aromatic N) is 2. The van der Waals surface area contributed by atoms with E-state index in [4.69, 9.17) is 0 Å². The quantitative estimate of drug-likeness (QED) is 0.891. The van der Waals surface area contributed by atoms with Gasteiger partial charge in [-0.15, -0.1) is 0 Å². The number of carbonyl (C=O) groups excluding carboxylic acids is 2. The molecule has 0 aromatic heterocycles. The number of hydrogen-bond donors (Lipinski definition) is 1. The first-order valence-electron chi connectivity index (χ1n) is 7.33. The third-order valence-corrected chi connectivity index (χ3v) is 3.47. The fourth-order valence-corrected chi connectivity index (χ4v) is 2.25. The summed E-state index contributed by atoms with van der Waals surface area (Å²) in [7, 11) is 0. The maximum atomic E-state index is 12.1. The molecule has 0 spiro atoms. The van der Waals surface area contributed by atoms with Gasteiger partial charge in [-0.2, -0.15) is 0 Å². The van der Waals surface area contributed by atoms with Crippen molar-refractivity contribution in [1.29, 1.82) is 0 Å². The van der Waals surface area contributed by atoms with E-state index >= 15 is 0 Å². The molecule has 5 nitrogen and oxygen atoms in total. The molecular formula is C16H23N3O2. The lowest BCUT2D eigenvalue weighted by molar-refractivity contribution is -0.130. The normalized spacial score (nSPS) is 15.1. The predicted octanol–water partition coefficient (Wildman–Crippen LogP) is 1.37. The second-order valence-corrected chi connectivity index (χ2v) is 5.92. The van der Waals surface area contributed by atoms with Crippen LogP contribution in [0, 0.1) is 12.8 Å². The zero-order chi connectivity index (χ0) is 15.4. The Morgan fingerprint density at radius 3 is 2.57 bits per heavy atom. The summed E-state index contributed by atoms with van der Waals surface area (Å²) >= 11 is 0. The van der Waals surface area contributed by atoms with Crippen molar-refractivity contribution < 1.29 is 9.59 Å². The van der Waals surface area contributed by atoms with Crippen molar-refractivity contribution in [2.45, 2.75) is 20.8 Å². The summed E-state index contributed by atoms with van der Waals surface area (Å²) in [5.41, 5.74) is 1.99. The number of benzene rings is 1. The Bertz CT molecular complexity index is 511. The molecule has 1 aliphatic rings. The van der Waals surface area contributed by atoms with Gasteiger partial charge in [-0.3, -0.25) is 14.5 Å². The highest BCUT2D eigenvalue weighted by atomic mass is 16.2. The molecule has 0 bridgehead atoms. The van der Waals surface area contributed by atoms with Gasteiger partial charge in [0.25, 0.3) is 0 Å². The van der Waals surface area contributed by atoms with Crippen LogP contribution in [0.25, 0.3) is 0 Å². The number of anilines is 1. The van der Waals surface area contributed by atoms with Crippen LogP contribution in [-0.2, 0) is 9.59 Å². The summed E-state index contributed by atoms with van der Waals surface area (Å²) in [5.74, 6) is 0.441. The lowest BCUT2D eigenvalue weighted by Gasteiger charge is -2.19. The van der Waals surface area contributed by atoms with Crippen molar-refractivity contribution in [3.05, 3.63) is 29.8 Å². The highest BCUT2D eigenvalue weighted by Gasteiger charge is 2.31. The second kappa shape index (κ2) is 6.72. The molecule has 5 heteroatoms. The lowest BCUT2D eigenvalue weighted by atomic mass is 10.2.